The Balaban J connectivity index is 2.21. The monoisotopic (exact) mass is 205 g/mol. The molecule has 82 valence electrons. The summed E-state index contributed by atoms with van der Waals surface area (Å²) in [7, 11) is 0. The zero-order valence-corrected chi connectivity index (χ0v) is 9.75. The van der Waals surface area contributed by atoms with E-state index in [1.54, 1.807) is 0 Å². The molecule has 0 amide bonds. The lowest BCUT2D eigenvalue weighted by molar-refractivity contribution is 0.482. The predicted octanol–water partition coefficient (Wildman–Crippen LogP) is 1.50. The number of hydrogen-bond donors (Lipinski definition) is 1. The second-order valence-electron chi connectivity index (χ2n) is 4.45. The van der Waals surface area contributed by atoms with Crippen LogP contribution in [-0.2, 0) is 0 Å². The highest BCUT2D eigenvalue weighted by Gasteiger charge is 2.17. The third-order valence-corrected chi connectivity index (χ3v) is 2.86. The zero-order valence-electron chi connectivity index (χ0n) is 9.75. The van der Waals surface area contributed by atoms with E-state index in [0.717, 1.165) is 25.5 Å². The molecule has 0 spiro atoms. The van der Waals surface area contributed by atoms with Gasteiger partial charge in [-0.05, 0) is 31.9 Å². The molecule has 0 saturated carbocycles. The molecule has 1 fully saturated rings. The Morgan fingerprint density at radius 2 is 2.27 bits per heavy atom. The van der Waals surface area contributed by atoms with Crippen LogP contribution in [0.1, 0.15) is 18.1 Å². The van der Waals surface area contributed by atoms with Gasteiger partial charge in [-0.2, -0.15) is 0 Å². The zero-order chi connectivity index (χ0) is 10.8. The Morgan fingerprint density at radius 3 is 2.93 bits per heavy atom. The summed E-state index contributed by atoms with van der Waals surface area (Å²) in [4.78, 5) is 6.91. The fourth-order valence-corrected chi connectivity index (χ4v) is 2.16. The van der Waals surface area contributed by atoms with Gasteiger partial charge in [0.25, 0.3) is 0 Å². The van der Waals surface area contributed by atoms with Crippen molar-refractivity contribution in [3.8, 4) is 0 Å². The summed E-state index contributed by atoms with van der Waals surface area (Å²) in [5, 5.41) is 3.44. The lowest BCUT2D eigenvalue weighted by Gasteiger charge is -2.33. The van der Waals surface area contributed by atoms with E-state index in [0.29, 0.717) is 6.04 Å². The number of anilines is 1. The van der Waals surface area contributed by atoms with Crippen LogP contribution in [0.2, 0.25) is 0 Å². The number of nitrogens with zero attached hydrogens (tertiary/aromatic N) is 2. The minimum absolute atomic E-state index is 0.557. The third-order valence-electron chi connectivity index (χ3n) is 2.86. The van der Waals surface area contributed by atoms with Crippen molar-refractivity contribution >= 4 is 5.82 Å². The van der Waals surface area contributed by atoms with Gasteiger partial charge in [-0.25, -0.2) is 4.98 Å². The first-order chi connectivity index (χ1) is 7.16. The molecule has 0 aliphatic carbocycles. The lowest BCUT2D eigenvalue weighted by Crippen LogP contribution is -2.49. The number of nitrogens with one attached hydrogen (secondary N) is 1. The van der Waals surface area contributed by atoms with Gasteiger partial charge >= 0.3 is 0 Å². The minimum Gasteiger partial charge on any atom is -0.354 e. The molecule has 3 heteroatoms. The van der Waals surface area contributed by atoms with E-state index < -0.39 is 0 Å². The summed E-state index contributed by atoms with van der Waals surface area (Å²) < 4.78 is 0. The molecule has 1 saturated heterocycles. The average Bonchev–Trinajstić information content (AvgIpc) is 2.17. The molecule has 0 aromatic carbocycles. The number of aromatic nitrogens is 1. The first kappa shape index (κ1) is 10.4. The van der Waals surface area contributed by atoms with Crippen LogP contribution in [0.15, 0.2) is 12.3 Å². The molecule has 3 nitrogen and oxygen atoms in total. The molecule has 15 heavy (non-hydrogen) atoms. The summed E-state index contributed by atoms with van der Waals surface area (Å²) in [6.45, 7) is 9.61. The highest BCUT2D eigenvalue weighted by molar-refractivity contribution is 5.47. The summed E-state index contributed by atoms with van der Waals surface area (Å²) in [5.74, 6) is 1.15. The van der Waals surface area contributed by atoms with Gasteiger partial charge in [0.05, 0.1) is 0 Å². The third kappa shape index (κ3) is 2.29. The van der Waals surface area contributed by atoms with Crippen molar-refractivity contribution < 1.29 is 0 Å². The maximum atomic E-state index is 4.53. The largest absolute Gasteiger partial charge is 0.354 e. The molecule has 2 heterocycles. The molecule has 1 aromatic rings. The molecule has 1 aromatic heterocycles. The SMILES string of the molecule is Cc1cnc(N2CCN[C@@H](C)C2)c(C)c1. The fraction of sp³-hybridized carbons (Fsp3) is 0.583. The van der Waals surface area contributed by atoms with Crippen molar-refractivity contribution in [3.63, 3.8) is 0 Å². The number of aryl methyl sites for hydroxylation is 2. The van der Waals surface area contributed by atoms with E-state index >= 15 is 0 Å². The van der Waals surface area contributed by atoms with Crippen LogP contribution >= 0.6 is 0 Å². The van der Waals surface area contributed by atoms with Crippen LogP contribution in [0.5, 0.6) is 0 Å². The lowest BCUT2D eigenvalue weighted by atomic mass is 10.2. The Labute approximate surface area is 91.5 Å². The van der Waals surface area contributed by atoms with Crippen molar-refractivity contribution in [1.29, 1.82) is 0 Å². The molecule has 0 radical (unpaired) electrons. The second-order valence-corrected chi connectivity index (χ2v) is 4.45. The molecular formula is C12H19N3. The van der Waals surface area contributed by atoms with Gasteiger partial charge in [0.2, 0.25) is 0 Å². The molecular weight excluding hydrogens is 186 g/mol. The van der Waals surface area contributed by atoms with Gasteiger partial charge in [-0.15, -0.1) is 0 Å². The maximum absolute atomic E-state index is 4.53. The van der Waals surface area contributed by atoms with Crippen LogP contribution < -0.4 is 10.2 Å². The standard InChI is InChI=1S/C12H19N3/c1-9-6-10(2)12(14-7-9)15-5-4-13-11(3)8-15/h6-7,11,13H,4-5,8H2,1-3H3/t11-/m0/s1. The number of hydrogen-bond acceptors (Lipinski definition) is 3. The normalized spacial score (nSPS) is 21.8. The summed E-state index contributed by atoms with van der Waals surface area (Å²) in [5.41, 5.74) is 2.52. The molecule has 1 N–H and O–H groups in total. The van der Waals surface area contributed by atoms with Crippen LogP contribution in [0.25, 0.3) is 0 Å². The summed E-state index contributed by atoms with van der Waals surface area (Å²) in [6, 6.07) is 2.76. The Kier molecular flexibility index (Phi) is 2.91. The topological polar surface area (TPSA) is 28.2 Å². The van der Waals surface area contributed by atoms with E-state index in [1.165, 1.54) is 11.1 Å². The minimum atomic E-state index is 0.557. The van der Waals surface area contributed by atoms with Crippen molar-refractivity contribution in [3.05, 3.63) is 23.4 Å². The maximum Gasteiger partial charge on any atom is 0.131 e. The Bertz CT molecular complexity index is 349. The summed E-state index contributed by atoms with van der Waals surface area (Å²) >= 11 is 0. The van der Waals surface area contributed by atoms with Gasteiger partial charge in [0.15, 0.2) is 0 Å². The van der Waals surface area contributed by atoms with E-state index in [-0.39, 0.29) is 0 Å². The van der Waals surface area contributed by atoms with Gasteiger partial charge < -0.3 is 10.2 Å². The molecule has 1 aliphatic heterocycles. The molecule has 1 aliphatic rings. The van der Waals surface area contributed by atoms with Crippen LogP contribution in [-0.4, -0.2) is 30.7 Å². The molecule has 0 unspecified atom stereocenters. The quantitative estimate of drug-likeness (QED) is 0.753. The van der Waals surface area contributed by atoms with Crippen LogP contribution in [0.4, 0.5) is 5.82 Å². The highest BCUT2D eigenvalue weighted by Crippen LogP contribution is 2.18. The van der Waals surface area contributed by atoms with E-state index in [1.807, 2.05) is 6.20 Å². The Hall–Kier alpha value is -1.09. The van der Waals surface area contributed by atoms with E-state index in [2.05, 4.69) is 42.0 Å². The Morgan fingerprint density at radius 1 is 1.47 bits per heavy atom. The second kappa shape index (κ2) is 4.19. The number of pyridine rings is 1. The van der Waals surface area contributed by atoms with Gasteiger partial charge in [0.1, 0.15) is 5.82 Å². The van der Waals surface area contributed by atoms with Gasteiger partial charge in [0, 0.05) is 31.9 Å². The fourth-order valence-electron chi connectivity index (χ4n) is 2.16. The molecule has 1 atom stereocenters. The highest BCUT2D eigenvalue weighted by atomic mass is 15.2. The first-order valence-corrected chi connectivity index (χ1v) is 5.58. The molecule has 0 bridgehead atoms. The summed E-state index contributed by atoms with van der Waals surface area (Å²) in [6.07, 6.45) is 1.95. The van der Waals surface area contributed by atoms with Crippen molar-refractivity contribution in [2.45, 2.75) is 26.8 Å². The molecule has 2 rings (SSSR count). The van der Waals surface area contributed by atoms with Crippen molar-refractivity contribution in [2.24, 2.45) is 0 Å². The van der Waals surface area contributed by atoms with Crippen molar-refractivity contribution in [1.82, 2.24) is 10.3 Å². The number of piperazine rings is 1. The number of rotatable bonds is 1. The van der Waals surface area contributed by atoms with Crippen molar-refractivity contribution in [2.75, 3.05) is 24.5 Å². The first-order valence-electron chi connectivity index (χ1n) is 5.58. The van der Waals surface area contributed by atoms with E-state index in [9.17, 15) is 0 Å². The van der Waals surface area contributed by atoms with Gasteiger partial charge in [-0.3, -0.25) is 0 Å². The smallest absolute Gasteiger partial charge is 0.131 e. The van der Waals surface area contributed by atoms with Crippen LogP contribution in [0, 0.1) is 13.8 Å². The van der Waals surface area contributed by atoms with E-state index in [4.69, 9.17) is 0 Å². The van der Waals surface area contributed by atoms with Crippen LogP contribution in [0.3, 0.4) is 0 Å². The van der Waals surface area contributed by atoms with Gasteiger partial charge in [-0.1, -0.05) is 6.07 Å². The average molecular weight is 205 g/mol. The predicted molar refractivity (Wildman–Crippen MR) is 63.4 cm³/mol.